The zero-order valence-electron chi connectivity index (χ0n) is 6.20. The fraction of sp³-hybridized carbons (Fsp3) is 0.333. The quantitative estimate of drug-likeness (QED) is 0.339. The topological polar surface area (TPSA) is 97.7 Å². The zero-order chi connectivity index (χ0) is 9.72. The predicted molar refractivity (Wildman–Crippen MR) is 34.0 cm³/mol. The molecule has 0 aliphatic carbocycles. The Bertz CT molecular complexity index is 240. The van der Waals surface area contributed by atoms with E-state index in [1.807, 2.05) is 0 Å². The van der Waals surface area contributed by atoms with Gasteiger partial charge in [0.05, 0.1) is 0 Å². The lowest BCUT2D eigenvalue weighted by atomic mass is 10.3. The number of Topliss-reactive ketones (excluding diaryl/α,β-unsaturated/α-hetero) is 1. The molecule has 6 nitrogen and oxygen atoms in total. The van der Waals surface area contributed by atoms with Crippen molar-refractivity contribution in [1.29, 1.82) is 0 Å². The van der Waals surface area contributed by atoms with Crippen molar-refractivity contribution >= 4 is 23.7 Å². The molecule has 0 bridgehead atoms. The van der Waals surface area contributed by atoms with E-state index in [0.717, 1.165) is 6.92 Å². The number of ketones is 1. The summed E-state index contributed by atoms with van der Waals surface area (Å²) in [5.74, 6) is -5.06. The average Bonchev–Trinajstić information content (AvgIpc) is 1.84. The van der Waals surface area contributed by atoms with Crippen LogP contribution in [0.5, 0.6) is 0 Å². The van der Waals surface area contributed by atoms with E-state index in [9.17, 15) is 19.2 Å². The van der Waals surface area contributed by atoms with Crippen LogP contribution in [0.3, 0.4) is 0 Å². The Hall–Kier alpha value is -1.72. The second-order valence-corrected chi connectivity index (χ2v) is 1.87. The van der Waals surface area contributed by atoms with Gasteiger partial charge in [-0.1, -0.05) is 0 Å². The van der Waals surface area contributed by atoms with Crippen LogP contribution in [0.25, 0.3) is 0 Å². The van der Waals surface area contributed by atoms with Crippen molar-refractivity contribution < 1.29 is 29.0 Å². The lowest BCUT2D eigenvalue weighted by molar-refractivity contribution is -0.161. The maximum atomic E-state index is 10.4. The normalized spacial score (nSPS) is 8.75. The van der Waals surface area contributed by atoms with Gasteiger partial charge in [0.15, 0.2) is 0 Å². The van der Waals surface area contributed by atoms with Crippen LogP contribution in [0.2, 0.25) is 0 Å². The van der Waals surface area contributed by atoms with Crippen molar-refractivity contribution in [3.05, 3.63) is 0 Å². The summed E-state index contributed by atoms with van der Waals surface area (Å²) in [7, 11) is 0. The van der Waals surface area contributed by atoms with Gasteiger partial charge in [-0.05, 0) is 0 Å². The minimum Gasteiger partial charge on any atom is -0.475 e. The smallest absolute Gasteiger partial charge is 0.372 e. The van der Waals surface area contributed by atoms with Gasteiger partial charge in [0.25, 0.3) is 5.78 Å². The van der Waals surface area contributed by atoms with E-state index in [0.29, 0.717) is 0 Å². The molecule has 0 aliphatic heterocycles. The van der Waals surface area contributed by atoms with Gasteiger partial charge in [0, 0.05) is 6.92 Å². The van der Waals surface area contributed by atoms with Crippen LogP contribution in [0.15, 0.2) is 0 Å². The summed E-state index contributed by atoms with van der Waals surface area (Å²) >= 11 is 0. The molecule has 12 heavy (non-hydrogen) atoms. The number of carboxylic acids is 1. The zero-order valence-corrected chi connectivity index (χ0v) is 6.20. The Morgan fingerprint density at radius 3 is 2.08 bits per heavy atom. The lowest BCUT2D eigenvalue weighted by Gasteiger charge is -1.95. The number of hydrogen-bond donors (Lipinski definition) is 1. The lowest BCUT2D eigenvalue weighted by Crippen LogP contribution is -2.19. The Labute approximate surface area is 67.1 Å². The first-order valence-corrected chi connectivity index (χ1v) is 2.91. The molecule has 0 rings (SSSR count). The van der Waals surface area contributed by atoms with E-state index in [1.165, 1.54) is 0 Å². The molecule has 0 aromatic rings. The highest BCUT2D eigenvalue weighted by Gasteiger charge is 2.18. The maximum Gasteiger partial charge on any atom is 0.372 e. The summed E-state index contributed by atoms with van der Waals surface area (Å²) in [4.78, 5) is 40.7. The van der Waals surface area contributed by atoms with E-state index in [1.54, 1.807) is 0 Å². The number of rotatable bonds is 3. The number of carboxylic acid groups (broad SMARTS) is 1. The van der Waals surface area contributed by atoms with Crippen LogP contribution in [0, 0.1) is 0 Å². The standard InChI is InChI=1S/C6H6O6/c1-3(7)12-5(9)2-4(8)6(10)11/h2H2,1H3,(H,10,11). The molecule has 0 radical (unpaired) electrons. The molecule has 0 unspecified atom stereocenters. The van der Waals surface area contributed by atoms with Gasteiger partial charge in [-0.25, -0.2) is 4.79 Å². The van der Waals surface area contributed by atoms with Gasteiger partial charge >= 0.3 is 17.9 Å². The van der Waals surface area contributed by atoms with Gasteiger partial charge in [0.2, 0.25) is 0 Å². The van der Waals surface area contributed by atoms with E-state index in [2.05, 4.69) is 4.74 Å². The number of carbonyl (C=O) groups excluding carboxylic acids is 3. The minimum absolute atomic E-state index is 0.877. The van der Waals surface area contributed by atoms with Crippen molar-refractivity contribution in [1.82, 2.24) is 0 Å². The number of esters is 2. The van der Waals surface area contributed by atoms with E-state index in [-0.39, 0.29) is 0 Å². The third-order valence-corrected chi connectivity index (χ3v) is 0.801. The fourth-order valence-corrected chi connectivity index (χ4v) is 0.403. The number of aliphatic carboxylic acids is 1. The second-order valence-electron chi connectivity index (χ2n) is 1.87. The van der Waals surface area contributed by atoms with E-state index >= 15 is 0 Å². The fourth-order valence-electron chi connectivity index (χ4n) is 0.403. The van der Waals surface area contributed by atoms with Gasteiger partial charge in [-0.15, -0.1) is 0 Å². The van der Waals surface area contributed by atoms with Crippen molar-refractivity contribution in [2.75, 3.05) is 0 Å². The Morgan fingerprint density at radius 2 is 1.75 bits per heavy atom. The average molecular weight is 174 g/mol. The van der Waals surface area contributed by atoms with Crippen LogP contribution in [-0.2, 0) is 23.9 Å². The Morgan fingerprint density at radius 1 is 1.25 bits per heavy atom. The molecule has 0 amide bonds. The summed E-state index contributed by atoms with van der Waals surface area (Å²) in [5.41, 5.74) is 0. The molecular weight excluding hydrogens is 168 g/mol. The van der Waals surface area contributed by atoms with Crippen LogP contribution in [-0.4, -0.2) is 28.8 Å². The second kappa shape index (κ2) is 4.22. The highest BCUT2D eigenvalue weighted by atomic mass is 16.6. The number of hydrogen-bond acceptors (Lipinski definition) is 5. The summed E-state index contributed by atoms with van der Waals surface area (Å²) in [6, 6.07) is 0. The van der Waals surface area contributed by atoms with Crippen LogP contribution < -0.4 is 0 Å². The summed E-state index contributed by atoms with van der Waals surface area (Å²) in [6.07, 6.45) is -0.922. The maximum absolute atomic E-state index is 10.4. The molecule has 0 spiro atoms. The molecule has 0 aromatic heterocycles. The van der Waals surface area contributed by atoms with E-state index < -0.39 is 30.1 Å². The van der Waals surface area contributed by atoms with Gasteiger partial charge in [-0.3, -0.25) is 14.4 Å². The molecule has 0 fully saturated rings. The number of carbonyl (C=O) groups is 4. The van der Waals surface area contributed by atoms with Crippen molar-refractivity contribution in [2.45, 2.75) is 13.3 Å². The summed E-state index contributed by atoms with van der Waals surface area (Å²) in [5, 5.41) is 8.02. The molecule has 0 aliphatic rings. The highest BCUT2D eigenvalue weighted by Crippen LogP contribution is 1.89. The van der Waals surface area contributed by atoms with Crippen molar-refractivity contribution in [3.63, 3.8) is 0 Å². The van der Waals surface area contributed by atoms with Crippen LogP contribution >= 0.6 is 0 Å². The molecule has 0 saturated heterocycles. The molecule has 66 valence electrons. The van der Waals surface area contributed by atoms with Crippen LogP contribution in [0.4, 0.5) is 0 Å². The Kier molecular flexibility index (Phi) is 3.61. The summed E-state index contributed by atoms with van der Waals surface area (Å²) < 4.78 is 3.91. The molecule has 0 atom stereocenters. The summed E-state index contributed by atoms with van der Waals surface area (Å²) in [6.45, 7) is 0.975. The van der Waals surface area contributed by atoms with Gasteiger partial charge < -0.3 is 9.84 Å². The molecule has 0 heterocycles. The van der Waals surface area contributed by atoms with Gasteiger partial charge in [0.1, 0.15) is 6.42 Å². The predicted octanol–water partition coefficient (Wildman–Crippen LogP) is -0.880. The van der Waals surface area contributed by atoms with E-state index in [4.69, 9.17) is 5.11 Å². The first-order chi connectivity index (χ1) is 5.43. The van der Waals surface area contributed by atoms with Crippen molar-refractivity contribution in [3.8, 4) is 0 Å². The molecule has 0 aromatic carbocycles. The monoisotopic (exact) mass is 174 g/mol. The minimum atomic E-state index is -1.73. The third-order valence-electron chi connectivity index (χ3n) is 0.801. The van der Waals surface area contributed by atoms with Crippen LogP contribution in [0.1, 0.15) is 13.3 Å². The molecule has 1 N–H and O–H groups in total. The van der Waals surface area contributed by atoms with Crippen molar-refractivity contribution in [2.24, 2.45) is 0 Å². The third kappa shape index (κ3) is 4.15. The number of ether oxygens (including phenoxy) is 1. The molecule has 6 heteroatoms. The first-order valence-electron chi connectivity index (χ1n) is 2.91. The highest BCUT2D eigenvalue weighted by molar-refractivity contribution is 6.36. The first kappa shape index (κ1) is 10.3. The molecule has 0 saturated carbocycles. The largest absolute Gasteiger partial charge is 0.475 e. The molecular formula is C6H6O6. The Balaban J connectivity index is 3.94. The van der Waals surface area contributed by atoms with Gasteiger partial charge in [-0.2, -0.15) is 0 Å². The SMILES string of the molecule is CC(=O)OC(=O)CC(=O)C(=O)O.